The smallest absolute Gasteiger partial charge is 0.223 e. The average molecular weight is 378 g/mol. The minimum Gasteiger partial charge on any atom is -0.355 e. The van der Waals surface area contributed by atoms with Crippen LogP contribution in [0.5, 0.6) is 0 Å². The summed E-state index contributed by atoms with van der Waals surface area (Å²) < 4.78 is 15.8. The molecule has 0 spiro atoms. The highest BCUT2D eigenvalue weighted by Crippen LogP contribution is 2.27. The Morgan fingerprint density at radius 3 is 2.57 bits per heavy atom. The summed E-state index contributed by atoms with van der Waals surface area (Å²) in [5.74, 6) is 0.588. The molecule has 6 heteroatoms. The first-order valence-corrected chi connectivity index (χ1v) is 9.57. The van der Waals surface area contributed by atoms with Crippen molar-refractivity contribution in [2.75, 3.05) is 18.0 Å². The molecule has 0 bridgehead atoms. The van der Waals surface area contributed by atoms with Crippen LogP contribution in [0.3, 0.4) is 0 Å². The lowest BCUT2D eigenvalue weighted by Crippen LogP contribution is -2.41. The molecule has 0 atom stereocenters. The number of aromatic nitrogens is 2. The van der Waals surface area contributed by atoms with Gasteiger partial charge in [-0.3, -0.25) is 4.79 Å². The molecule has 0 radical (unpaired) electrons. The highest BCUT2D eigenvalue weighted by molar-refractivity contribution is 5.79. The zero-order valence-corrected chi connectivity index (χ0v) is 15.6. The van der Waals surface area contributed by atoms with Gasteiger partial charge in [0.2, 0.25) is 5.91 Å². The fraction of sp³-hybridized carbons (Fsp3) is 0.273. The Hall–Kier alpha value is -3.15. The lowest BCUT2D eigenvalue weighted by atomic mass is 9.95. The van der Waals surface area contributed by atoms with E-state index >= 15 is 0 Å². The average Bonchev–Trinajstić information content (AvgIpc) is 3.28. The first-order chi connectivity index (χ1) is 13.7. The lowest BCUT2D eigenvalue weighted by Gasteiger charge is -2.33. The van der Waals surface area contributed by atoms with Gasteiger partial charge in [0.15, 0.2) is 5.82 Å². The maximum absolute atomic E-state index is 13.7. The molecule has 1 fully saturated rings. The molecule has 3 aromatic rings. The minimum atomic E-state index is -0.287. The van der Waals surface area contributed by atoms with E-state index < -0.39 is 0 Å². The molecule has 2 aromatic heterocycles. The molecule has 3 heterocycles. The lowest BCUT2D eigenvalue weighted by molar-refractivity contribution is -0.125. The number of pyridine rings is 1. The van der Waals surface area contributed by atoms with Gasteiger partial charge in [-0.15, -0.1) is 0 Å². The monoisotopic (exact) mass is 378 g/mol. The fourth-order valence-electron chi connectivity index (χ4n) is 3.65. The second-order valence-corrected chi connectivity index (χ2v) is 7.01. The van der Waals surface area contributed by atoms with Gasteiger partial charge in [0.05, 0.1) is 5.69 Å². The molecule has 1 N–H and O–H groups in total. The molecule has 0 aliphatic carbocycles. The van der Waals surface area contributed by atoms with Gasteiger partial charge in [0, 0.05) is 49.7 Å². The van der Waals surface area contributed by atoms with E-state index in [-0.39, 0.29) is 24.2 Å². The van der Waals surface area contributed by atoms with Gasteiger partial charge in [-0.2, -0.15) is 0 Å². The van der Waals surface area contributed by atoms with Crippen molar-refractivity contribution < 1.29 is 9.18 Å². The number of hydrogen-bond acceptors (Lipinski definition) is 3. The van der Waals surface area contributed by atoms with Crippen LogP contribution in [0, 0.1) is 11.7 Å². The van der Waals surface area contributed by atoms with Crippen molar-refractivity contribution in [1.29, 1.82) is 0 Å². The number of nitrogens with zero attached hydrogens (tertiary/aromatic N) is 3. The van der Waals surface area contributed by atoms with Crippen LogP contribution in [0.4, 0.5) is 10.2 Å². The van der Waals surface area contributed by atoms with Gasteiger partial charge in [0.25, 0.3) is 0 Å². The molecule has 1 aliphatic heterocycles. The van der Waals surface area contributed by atoms with E-state index in [4.69, 9.17) is 0 Å². The number of anilines is 1. The summed E-state index contributed by atoms with van der Waals surface area (Å²) in [6, 6.07) is 14.5. The normalized spacial score (nSPS) is 14.8. The van der Waals surface area contributed by atoms with Gasteiger partial charge in [-0.1, -0.05) is 18.2 Å². The number of amides is 1. The van der Waals surface area contributed by atoms with E-state index in [9.17, 15) is 9.18 Å². The zero-order chi connectivity index (χ0) is 19.3. The third-order valence-electron chi connectivity index (χ3n) is 5.22. The maximum Gasteiger partial charge on any atom is 0.223 e. The third kappa shape index (κ3) is 3.91. The van der Waals surface area contributed by atoms with Gasteiger partial charge >= 0.3 is 0 Å². The van der Waals surface area contributed by atoms with E-state index in [0.29, 0.717) is 5.56 Å². The third-order valence-corrected chi connectivity index (χ3v) is 5.22. The number of nitrogens with one attached hydrogen (secondary N) is 1. The Morgan fingerprint density at radius 2 is 1.82 bits per heavy atom. The summed E-state index contributed by atoms with van der Waals surface area (Å²) in [5.41, 5.74) is 1.55. The number of carbonyl (C=O) groups is 1. The molecule has 5 nitrogen and oxygen atoms in total. The van der Waals surface area contributed by atoms with Crippen LogP contribution in [0.2, 0.25) is 0 Å². The van der Waals surface area contributed by atoms with Crippen molar-refractivity contribution in [2.45, 2.75) is 19.4 Å². The summed E-state index contributed by atoms with van der Waals surface area (Å²) in [5, 5.41) is 2.88. The standard InChI is InChI=1S/C22H23FN4O/c23-19-7-2-1-6-18(19)16-25-22(28)17-9-14-27(15-10-17)21-20(8-5-11-24-21)26-12-3-4-13-26/h1-8,11-13,17H,9-10,14-16H2,(H,25,28). The number of carbonyl (C=O) groups excluding carboxylic acids is 1. The van der Waals surface area contributed by atoms with Crippen molar-refractivity contribution >= 4 is 11.7 Å². The molecule has 144 valence electrons. The number of piperidine rings is 1. The van der Waals surface area contributed by atoms with Gasteiger partial charge in [-0.25, -0.2) is 9.37 Å². The second kappa shape index (κ2) is 8.25. The highest BCUT2D eigenvalue weighted by Gasteiger charge is 2.26. The van der Waals surface area contributed by atoms with Gasteiger partial charge in [0.1, 0.15) is 5.82 Å². The highest BCUT2D eigenvalue weighted by atomic mass is 19.1. The molecular weight excluding hydrogens is 355 g/mol. The van der Waals surface area contributed by atoms with Crippen molar-refractivity contribution in [1.82, 2.24) is 14.9 Å². The molecule has 1 aliphatic rings. The Balaban J connectivity index is 1.36. The Kier molecular flexibility index (Phi) is 5.37. The summed E-state index contributed by atoms with van der Waals surface area (Å²) in [6.45, 7) is 1.76. The number of rotatable bonds is 5. The van der Waals surface area contributed by atoms with E-state index in [0.717, 1.165) is 37.4 Å². The predicted octanol–water partition coefficient (Wildman–Crippen LogP) is 3.54. The first-order valence-electron chi connectivity index (χ1n) is 9.57. The van der Waals surface area contributed by atoms with Crippen LogP contribution < -0.4 is 10.2 Å². The largest absolute Gasteiger partial charge is 0.355 e. The van der Waals surface area contributed by atoms with E-state index in [2.05, 4.69) is 25.8 Å². The summed E-state index contributed by atoms with van der Waals surface area (Å²) in [6.07, 6.45) is 7.32. The number of hydrogen-bond donors (Lipinski definition) is 1. The molecule has 1 amide bonds. The van der Waals surface area contributed by atoms with Crippen molar-refractivity contribution in [3.63, 3.8) is 0 Å². The molecule has 0 saturated carbocycles. The Bertz CT molecular complexity index is 933. The van der Waals surface area contributed by atoms with Crippen LogP contribution in [0.1, 0.15) is 18.4 Å². The van der Waals surface area contributed by atoms with Crippen molar-refractivity contribution in [3.8, 4) is 5.69 Å². The summed E-state index contributed by atoms with van der Waals surface area (Å²) >= 11 is 0. The predicted molar refractivity (Wildman–Crippen MR) is 107 cm³/mol. The van der Waals surface area contributed by atoms with Gasteiger partial charge in [-0.05, 0) is 43.2 Å². The molecule has 1 aromatic carbocycles. The quantitative estimate of drug-likeness (QED) is 0.739. The summed E-state index contributed by atoms with van der Waals surface area (Å²) in [4.78, 5) is 19.3. The molecule has 4 rings (SSSR count). The maximum atomic E-state index is 13.7. The van der Waals surface area contributed by atoms with Crippen molar-refractivity contribution in [2.24, 2.45) is 5.92 Å². The SMILES string of the molecule is O=C(NCc1ccccc1F)C1CCN(c2ncccc2-n2cccc2)CC1. The van der Waals surface area contributed by atoms with Crippen LogP contribution in [-0.4, -0.2) is 28.5 Å². The van der Waals surface area contributed by atoms with Crippen LogP contribution >= 0.6 is 0 Å². The van der Waals surface area contributed by atoms with E-state index in [1.54, 1.807) is 24.4 Å². The molecular formula is C22H23FN4O. The Labute approximate surface area is 163 Å². The molecule has 28 heavy (non-hydrogen) atoms. The summed E-state index contributed by atoms with van der Waals surface area (Å²) in [7, 11) is 0. The minimum absolute atomic E-state index is 0.00504. The second-order valence-electron chi connectivity index (χ2n) is 7.01. The Morgan fingerprint density at radius 1 is 1.07 bits per heavy atom. The number of halogens is 1. The van der Waals surface area contributed by atoms with E-state index in [1.165, 1.54) is 6.07 Å². The van der Waals surface area contributed by atoms with Crippen LogP contribution in [0.25, 0.3) is 5.69 Å². The van der Waals surface area contributed by atoms with Crippen LogP contribution in [-0.2, 0) is 11.3 Å². The van der Waals surface area contributed by atoms with Crippen molar-refractivity contribution in [3.05, 3.63) is 78.5 Å². The van der Waals surface area contributed by atoms with Crippen LogP contribution in [0.15, 0.2) is 67.1 Å². The topological polar surface area (TPSA) is 50.2 Å². The fourth-order valence-corrected chi connectivity index (χ4v) is 3.65. The number of benzene rings is 1. The first kappa shape index (κ1) is 18.2. The molecule has 0 unspecified atom stereocenters. The zero-order valence-electron chi connectivity index (χ0n) is 15.6. The van der Waals surface area contributed by atoms with E-state index in [1.807, 2.05) is 30.6 Å². The molecule has 1 saturated heterocycles. The van der Waals surface area contributed by atoms with Gasteiger partial charge < -0.3 is 14.8 Å².